The second-order valence-corrected chi connectivity index (χ2v) is 6.03. The summed E-state index contributed by atoms with van der Waals surface area (Å²) in [5.41, 5.74) is 13.2. The van der Waals surface area contributed by atoms with Crippen molar-refractivity contribution in [1.29, 1.82) is 0 Å². The highest BCUT2D eigenvalue weighted by Crippen LogP contribution is 2.18. The molecular formula is C15H17N7OS. The van der Waals surface area contributed by atoms with Crippen LogP contribution in [0.2, 0.25) is 0 Å². The lowest BCUT2D eigenvalue weighted by molar-refractivity contribution is -0.118. The number of amides is 1. The number of aromatic nitrogens is 4. The fourth-order valence-corrected chi connectivity index (χ4v) is 2.99. The van der Waals surface area contributed by atoms with Crippen molar-refractivity contribution in [3.05, 3.63) is 36.0 Å². The highest BCUT2D eigenvalue weighted by atomic mass is 32.2. The number of fused-ring (bicyclic) bond motifs is 1. The number of nitrogens with one attached hydrogen (secondary N) is 2. The van der Waals surface area contributed by atoms with Crippen molar-refractivity contribution >= 4 is 40.5 Å². The van der Waals surface area contributed by atoms with Crippen LogP contribution in [-0.2, 0) is 11.2 Å². The number of rotatable bonds is 6. The van der Waals surface area contributed by atoms with Gasteiger partial charge in [0.05, 0.1) is 5.75 Å². The highest BCUT2D eigenvalue weighted by molar-refractivity contribution is 7.99. The maximum Gasteiger partial charge on any atom is 0.230 e. The van der Waals surface area contributed by atoms with Gasteiger partial charge in [-0.1, -0.05) is 30.0 Å². The lowest BCUT2D eigenvalue weighted by Crippen LogP contribution is -2.27. The van der Waals surface area contributed by atoms with Crippen LogP contribution in [0.4, 0.5) is 11.9 Å². The van der Waals surface area contributed by atoms with Gasteiger partial charge in [0, 0.05) is 23.6 Å². The molecule has 24 heavy (non-hydrogen) atoms. The number of thioether (sulfide) groups is 1. The first kappa shape index (κ1) is 16.1. The minimum atomic E-state index is -0.0996. The van der Waals surface area contributed by atoms with Crippen LogP contribution in [0.1, 0.15) is 5.56 Å². The first-order valence-corrected chi connectivity index (χ1v) is 8.32. The molecular weight excluding hydrogens is 326 g/mol. The zero-order chi connectivity index (χ0) is 16.9. The quantitative estimate of drug-likeness (QED) is 0.490. The van der Waals surface area contributed by atoms with Gasteiger partial charge in [0.1, 0.15) is 0 Å². The van der Waals surface area contributed by atoms with E-state index >= 15 is 0 Å². The Morgan fingerprint density at radius 2 is 1.92 bits per heavy atom. The van der Waals surface area contributed by atoms with Crippen LogP contribution in [-0.4, -0.2) is 38.1 Å². The van der Waals surface area contributed by atoms with Crippen molar-refractivity contribution in [1.82, 2.24) is 25.3 Å². The number of nitrogen functional groups attached to an aromatic ring is 2. The van der Waals surface area contributed by atoms with E-state index in [-0.39, 0.29) is 23.6 Å². The van der Waals surface area contributed by atoms with Crippen LogP contribution in [0.5, 0.6) is 0 Å². The minimum absolute atomic E-state index is 0.0461. The van der Waals surface area contributed by atoms with Gasteiger partial charge in [0.2, 0.25) is 17.8 Å². The van der Waals surface area contributed by atoms with Crippen molar-refractivity contribution in [2.24, 2.45) is 0 Å². The first-order chi connectivity index (χ1) is 11.6. The molecule has 0 aliphatic rings. The van der Waals surface area contributed by atoms with Crippen molar-refractivity contribution in [3.8, 4) is 0 Å². The van der Waals surface area contributed by atoms with Gasteiger partial charge < -0.3 is 21.8 Å². The number of para-hydroxylation sites is 1. The SMILES string of the molecule is Nc1nc(N)nc(SCC(=O)NCCc2c[nH]c3ccccc23)n1. The van der Waals surface area contributed by atoms with E-state index in [0.29, 0.717) is 11.7 Å². The number of nitrogens with zero attached hydrogens (tertiary/aromatic N) is 3. The number of carbonyl (C=O) groups is 1. The monoisotopic (exact) mass is 343 g/mol. The number of aromatic amines is 1. The molecule has 0 bridgehead atoms. The first-order valence-electron chi connectivity index (χ1n) is 7.33. The van der Waals surface area contributed by atoms with E-state index in [2.05, 4.69) is 31.3 Å². The zero-order valence-electron chi connectivity index (χ0n) is 12.8. The molecule has 0 saturated heterocycles. The van der Waals surface area contributed by atoms with E-state index in [1.54, 1.807) is 0 Å². The molecule has 3 aromatic rings. The summed E-state index contributed by atoms with van der Waals surface area (Å²) in [6.07, 6.45) is 2.73. The third kappa shape index (κ3) is 3.93. The van der Waals surface area contributed by atoms with Crippen LogP contribution < -0.4 is 16.8 Å². The number of hydrogen-bond donors (Lipinski definition) is 4. The van der Waals surface area contributed by atoms with Crippen molar-refractivity contribution in [2.75, 3.05) is 23.8 Å². The smallest absolute Gasteiger partial charge is 0.230 e. The zero-order valence-corrected chi connectivity index (χ0v) is 13.6. The summed E-state index contributed by atoms with van der Waals surface area (Å²) < 4.78 is 0. The molecule has 6 N–H and O–H groups in total. The van der Waals surface area contributed by atoms with Crippen molar-refractivity contribution < 1.29 is 4.79 Å². The molecule has 0 atom stereocenters. The lowest BCUT2D eigenvalue weighted by Gasteiger charge is -2.05. The molecule has 0 aliphatic heterocycles. The standard InChI is InChI=1S/C15H17N7OS/c16-13-20-14(17)22-15(21-13)24-8-12(23)18-6-5-9-7-19-11-4-2-1-3-10(9)11/h1-4,7,19H,5-6,8H2,(H,18,23)(H4,16,17,20,21,22). The van der Waals surface area contributed by atoms with Gasteiger partial charge in [-0.15, -0.1) is 0 Å². The molecule has 0 spiro atoms. The van der Waals surface area contributed by atoms with E-state index in [0.717, 1.165) is 11.9 Å². The Balaban J connectivity index is 1.47. The summed E-state index contributed by atoms with van der Waals surface area (Å²) in [4.78, 5) is 26.6. The minimum Gasteiger partial charge on any atom is -0.368 e. The average molecular weight is 343 g/mol. The molecule has 1 aromatic carbocycles. The Hall–Kier alpha value is -2.81. The molecule has 8 nitrogen and oxygen atoms in total. The second kappa shape index (κ2) is 7.18. The molecule has 0 aliphatic carbocycles. The maximum absolute atomic E-state index is 11.9. The van der Waals surface area contributed by atoms with Crippen LogP contribution in [0.25, 0.3) is 10.9 Å². The van der Waals surface area contributed by atoms with E-state index in [9.17, 15) is 4.79 Å². The van der Waals surface area contributed by atoms with Crippen LogP contribution >= 0.6 is 11.8 Å². The predicted molar refractivity (Wildman–Crippen MR) is 94.4 cm³/mol. The van der Waals surface area contributed by atoms with Crippen LogP contribution in [0.3, 0.4) is 0 Å². The number of nitrogens with two attached hydrogens (primary N) is 2. The molecule has 0 saturated carbocycles. The number of H-pyrrole nitrogens is 1. The number of hydrogen-bond acceptors (Lipinski definition) is 7. The Kier molecular flexibility index (Phi) is 4.80. The molecule has 124 valence electrons. The Labute approximate surface area is 142 Å². The van der Waals surface area contributed by atoms with Gasteiger partial charge in [0.25, 0.3) is 0 Å². The summed E-state index contributed by atoms with van der Waals surface area (Å²) >= 11 is 1.17. The van der Waals surface area contributed by atoms with Crippen LogP contribution in [0, 0.1) is 0 Å². The number of anilines is 2. The summed E-state index contributed by atoms with van der Waals surface area (Å²) in [5.74, 6) is 0.184. The normalized spacial score (nSPS) is 10.8. The molecule has 1 amide bonds. The molecule has 0 fully saturated rings. The predicted octanol–water partition coefficient (Wildman–Crippen LogP) is 0.968. The lowest BCUT2D eigenvalue weighted by atomic mass is 10.1. The average Bonchev–Trinajstić information content (AvgIpc) is 2.96. The van der Waals surface area contributed by atoms with Crippen molar-refractivity contribution in [3.63, 3.8) is 0 Å². The summed E-state index contributed by atoms with van der Waals surface area (Å²) in [7, 11) is 0. The van der Waals surface area contributed by atoms with E-state index < -0.39 is 0 Å². The van der Waals surface area contributed by atoms with Gasteiger partial charge in [0.15, 0.2) is 5.16 Å². The topological polar surface area (TPSA) is 136 Å². The van der Waals surface area contributed by atoms with Gasteiger partial charge in [-0.25, -0.2) is 0 Å². The molecule has 2 heterocycles. The van der Waals surface area contributed by atoms with Gasteiger partial charge in [-0.2, -0.15) is 15.0 Å². The highest BCUT2D eigenvalue weighted by Gasteiger charge is 2.08. The number of benzene rings is 1. The fraction of sp³-hybridized carbons (Fsp3) is 0.200. The third-order valence-electron chi connectivity index (χ3n) is 3.37. The van der Waals surface area contributed by atoms with Crippen LogP contribution in [0.15, 0.2) is 35.6 Å². The largest absolute Gasteiger partial charge is 0.368 e. The molecule has 3 rings (SSSR count). The molecule has 0 unspecified atom stereocenters. The maximum atomic E-state index is 11.9. The van der Waals surface area contributed by atoms with Gasteiger partial charge in [-0.3, -0.25) is 4.79 Å². The molecule has 9 heteroatoms. The molecule has 0 radical (unpaired) electrons. The Bertz CT molecular complexity index is 844. The van der Waals surface area contributed by atoms with Crippen molar-refractivity contribution in [2.45, 2.75) is 11.6 Å². The van der Waals surface area contributed by atoms with Gasteiger partial charge >= 0.3 is 0 Å². The fourth-order valence-electron chi connectivity index (χ4n) is 2.31. The molecule has 2 aromatic heterocycles. The Morgan fingerprint density at radius 1 is 1.17 bits per heavy atom. The summed E-state index contributed by atoms with van der Waals surface area (Å²) in [6.45, 7) is 0.558. The third-order valence-corrected chi connectivity index (χ3v) is 4.22. The van der Waals surface area contributed by atoms with E-state index in [1.165, 1.54) is 22.7 Å². The second-order valence-electron chi connectivity index (χ2n) is 5.08. The Morgan fingerprint density at radius 3 is 2.71 bits per heavy atom. The summed E-state index contributed by atoms with van der Waals surface area (Å²) in [6, 6.07) is 8.08. The number of carbonyl (C=O) groups excluding carboxylic acids is 1. The van der Waals surface area contributed by atoms with E-state index in [4.69, 9.17) is 11.5 Å². The summed E-state index contributed by atoms with van der Waals surface area (Å²) in [5, 5.41) is 4.40. The van der Waals surface area contributed by atoms with Gasteiger partial charge in [-0.05, 0) is 18.1 Å². The van der Waals surface area contributed by atoms with E-state index in [1.807, 2.05) is 24.4 Å².